The standard InChI is InChI=1S/C9H9BrO3S.C9H9BrOS.2C8H7BrO/c1-14(12,13)8-4-2-7(3-5-8)9(11)6-10;1-12-8-4-2-7(3-5-8)9(11)6-10;2*9-6-8(10)7-4-2-1-3-5-7/h2-5H,6H2,1H3;2-5H,6H2,1H3;2*1-5H,6H2. The molecule has 0 saturated carbocycles. The topological polar surface area (TPSA) is 102 Å². The van der Waals surface area contributed by atoms with Crippen molar-refractivity contribution in [3.8, 4) is 0 Å². The molecule has 4 rings (SSSR count). The van der Waals surface area contributed by atoms with E-state index in [1.807, 2.05) is 91.2 Å². The Bertz CT molecular complexity index is 1580. The van der Waals surface area contributed by atoms with Crippen molar-refractivity contribution in [2.45, 2.75) is 9.79 Å². The third-order valence-electron chi connectivity index (χ3n) is 5.69. The number of halogens is 4. The molecule has 4 aromatic rings. The lowest BCUT2D eigenvalue weighted by molar-refractivity contribution is 0.101. The molecule has 0 aliphatic heterocycles. The number of benzene rings is 4. The molecule has 0 atom stereocenters. The van der Waals surface area contributed by atoms with Crippen LogP contribution in [0.5, 0.6) is 0 Å². The van der Waals surface area contributed by atoms with E-state index in [9.17, 15) is 27.6 Å². The van der Waals surface area contributed by atoms with Crippen LogP contribution < -0.4 is 0 Å². The van der Waals surface area contributed by atoms with E-state index in [0.29, 0.717) is 21.6 Å². The maximum Gasteiger partial charge on any atom is 0.175 e. The third-order valence-corrected chi connectivity index (χ3v) is 9.60. The second-order valence-electron chi connectivity index (χ2n) is 8.98. The normalized spacial score (nSPS) is 10.0. The highest BCUT2D eigenvalue weighted by Crippen LogP contribution is 2.15. The van der Waals surface area contributed by atoms with Gasteiger partial charge in [0.15, 0.2) is 33.0 Å². The molecule has 12 heteroatoms. The quantitative estimate of drug-likeness (QED) is 0.0889. The van der Waals surface area contributed by atoms with E-state index in [1.165, 1.54) is 29.2 Å². The molecule has 0 radical (unpaired) electrons. The van der Waals surface area contributed by atoms with Crippen LogP contribution in [0.15, 0.2) is 119 Å². The molecule has 244 valence electrons. The molecule has 0 heterocycles. The maximum absolute atomic E-state index is 11.2. The Balaban J connectivity index is 0.000000310. The summed E-state index contributed by atoms with van der Waals surface area (Å²) in [4.78, 5) is 45.7. The van der Waals surface area contributed by atoms with Gasteiger partial charge in [-0.2, -0.15) is 0 Å². The number of rotatable bonds is 10. The van der Waals surface area contributed by atoms with Gasteiger partial charge >= 0.3 is 0 Å². The first-order chi connectivity index (χ1) is 21.9. The molecule has 0 bridgehead atoms. The van der Waals surface area contributed by atoms with E-state index in [1.54, 1.807) is 11.8 Å². The summed E-state index contributed by atoms with van der Waals surface area (Å²) in [5.74, 6) is 0.314. The fourth-order valence-electron chi connectivity index (χ4n) is 3.22. The van der Waals surface area contributed by atoms with Gasteiger partial charge in [0.25, 0.3) is 0 Å². The molecule has 0 aliphatic rings. The van der Waals surface area contributed by atoms with E-state index in [0.717, 1.165) is 22.9 Å². The van der Waals surface area contributed by atoms with Crippen LogP contribution in [0.4, 0.5) is 0 Å². The monoisotopic (exact) mass is 916 g/mol. The minimum atomic E-state index is -3.18. The lowest BCUT2D eigenvalue weighted by Crippen LogP contribution is -2.01. The van der Waals surface area contributed by atoms with Crippen molar-refractivity contribution in [3.05, 3.63) is 131 Å². The van der Waals surface area contributed by atoms with Crippen molar-refractivity contribution in [3.63, 3.8) is 0 Å². The molecule has 0 aromatic heterocycles. The molecule has 0 spiro atoms. The fraction of sp³-hybridized carbons (Fsp3) is 0.176. The van der Waals surface area contributed by atoms with Crippen LogP contribution in [0, 0.1) is 0 Å². The summed E-state index contributed by atoms with van der Waals surface area (Å²) in [6, 6.07) is 32.0. The highest BCUT2D eigenvalue weighted by atomic mass is 79.9. The van der Waals surface area contributed by atoms with Crippen molar-refractivity contribution in [2.24, 2.45) is 0 Å². The van der Waals surface area contributed by atoms with E-state index in [2.05, 4.69) is 63.7 Å². The summed E-state index contributed by atoms with van der Waals surface area (Å²) in [5.41, 5.74) is 2.80. The van der Waals surface area contributed by atoms with Crippen LogP contribution in [-0.2, 0) is 9.84 Å². The van der Waals surface area contributed by atoms with Crippen LogP contribution in [0.25, 0.3) is 0 Å². The lowest BCUT2D eigenvalue weighted by Gasteiger charge is -1.99. The Morgan fingerprint density at radius 2 is 0.783 bits per heavy atom. The van der Waals surface area contributed by atoms with Gasteiger partial charge in [-0.3, -0.25) is 19.2 Å². The zero-order valence-electron chi connectivity index (χ0n) is 25.0. The lowest BCUT2D eigenvalue weighted by atomic mass is 10.2. The summed E-state index contributed by atoms with van der Waals surface area (Å²) in [6.07, 6.45) is 3.15. The molecule has 6 nitrogen and oxygen atoms in total. The predicted molar refractivity (Wildman–Crippen MR) is 203 cm³/mol. The second kappa shape index (κ2) is 23.2. The molecule has 4 aromatic carbocycles. The van der Waals surface area contributed by atoms with Crippen LogP contribution in [0.1, 0.15) is 41.4 Å². The Morgan fingerprint density at radius 1 is 0.500 bits per heavy atom. The number of carbonyl (C=O) groups is 4. The number of alkyl halides is 4. The van der Waals surface area contributed by atoms with Crippen molar-refractivity contribution in [2.75, 3.05) is 33.8 Å². The van der Waals surface area contributed by atoms with Gasteiger partial charge in [-0.05, 0) is 30.5 Å². The van der Waals surface area contributed by atoms with Gasteiger partial charge in [-0.25, -0.2) is 8.42 Å². The second-order valence-corrected chi connectivity index (χ2v) is 14.1. The van der Waals surface area contributed by atoms with Crippen molar-refractivity contribution < 1.29 is 27.6 Å². The van der Waals surface area contributed by atoms with Gasteiger partial charge in [0, 0.05) is 33.4 Å². The van der Waals surface area contributed by atoms with E-state index < -0.39 is 9.84 Å². The van der Waals surface area contributed by atoms with Crippen molar-refractivity contribution in [1.82, 2.24) is 0 Å². The first-order valence-corrected chi connectivity index (χ1v) is 20.9. The molecule has 0 amide bonds. The summed E-state index contributed by atoms with van der Waals surface area (Å²) in [5, 5.41) is 1.44. The molecule has 46 heavy (non-hydrogen) atoms. The molecular weight excluding hydrogens is 888 g/mol. The summed E-state index contributed by atoms with van der Waals surface area (Å²) in [6.45, 7) is 0. The first kappa shape index (κ1) is 41.8. The largest absolute Gasteiger partial charge is 0.293 e. The van der Waals surface area contributed by atoms with Gasteiger partial charge in [-0.1, -0.05) is 149 Å². The van der Waals surface area contributed by atoms with Crippen LogP contribution in [0.3, 0.4) is 0 Å². The van der Waals surface area contributed by atoms with Gasteiger partial charge in [-0.15, -0.1) is 11.8 Å². The number of thioether (sulfide) groups is 1. The minimum Gasteiger partial charge on any atom is -0.293 e. The van der Waals surface area contributed by atoms with E-state index in [4.69, 9.17) is 0 Å². The molecular formula is C34H32Br4O6S2. The van der Waals surface area contributed by atoms with Crippen molar-refractivity contribution >= 4 is 108 Å². The highest BCUT2D eigenvalue weighted by Gasteiger charge is 2.08. The van der Waals surface area contributed by atoms with E-state index in [-0.39, 0.29) is 33.4 Å². The first-order valence-electron chi connectivity index (χ1n) is 13.3. The Labute approximate surface area is 308 Å². The third kappa shape index (κ3) is 16.1. The average molecular weight is 920 g/mol. The molecule has 0 N–H and O–H groups in total. The number of carbonyl (C=O) groups excluding carboxylic acids is 4. The molecule has 0 fully saturated rings. The molecule has 0 aliphatic carbocycles. The van der Waals surface area contributed by atoms with Gasteiger partial charge in [0.2, 0.25) is 0 Å². The number of hydrogen-bond acceptors (Lipinski definition) is 7. The number of hydrogen-bond donors (Lipinski definition) is 0. The van der Waals surface area contributed by atoms with Crippen LogP contribution >= 0.6 is 75.5 Å². The zero-order valence-corrected chi connectivity index (χ0v) is 33.0. The Kier molecular flexibility index (Phi) is 21.0. The van der Waals surface area contributed by atoms with Crippen LogP contribution in [0.2, 0.25) is 0 Å². The maximum atomic E-state index is 11.2. The summed E-state index contributed by atoms with van der Waals surface area (Å²) in [7, 11) is -3.18. The fourth-order valence-corrected chi connectivity index (χ4v) is 5.56. The van der Waals surface area contributed by atoms with Crippen molar-refractivity contribution in [1.29, 1.82) is 0 Å². The predicted octanol–water partition coefficient (Wildman–Crippen LogP) is 9.18. The van der Waals surface area contributed by atoms with Gasteiger partial charge in [0.1, 0.15) is 0 Å². The summed E-state index contributed by atoms with van der Waals surface area (Å²) >= 11 is 14.1. The Morgan fingerprint density at radius 3 is 1.04 bits per heavy atom. The van der Waals surface area contributed by atoms with Gasteiger partial charge in [0.05, 0.1) is 26.2 Å². The number of sulfone groups is 1. The average Bonchev–Trinajstić information content (AvgIpc) is 3.11. The Hall–Kier alpha value is -2.22. The number of Topliss-reactive ketones (excluding diaryl/α,β-unsaturated/α-hetero) is 4. The smallest absolute Gasteiger partial charge is 0.175 e. The summed E-state index contributed by atoms with van der Waals surface area (Å²) < 4.78 is 22.2. The zero-order chi connectivity index (χ0) is 34.5. The minimum absolute atomic E-state index is 0.0648. The highest BCUT2D eigenvalue weighted by molar-refractivity contribution is 9.10. The number of ketones is 4. The van der Waals surface area contributed by atoms with Crippen LogP contribution in [-0.4, -0.2) is 65.4 Å². The molecule has 0 unspecified atom stereocenters. The van der Waals surface area contributed by atoms with Gasteiger partial charge < -0.3 is 0 Å². The molecule has 0 saturated heterocycles. The van der Waals surface area contributed by atoms with E-state index >= 15 is 0 Å². The SMILES string of the molecule is CS(=O)(=O)c1ccc(C(=O)CBr)cc1.CSc1ccc(C(=O)CBr)cc1.O=C(CBr)c1ccccc1.O=C(CBr)c1ccccc1.